The average Bonchev–Trinajstić information content (AvgIpc) is 2.49. The lowest BCUT2D eigenvalue weighted by atomic mass is 10.3. The largest absolute Gasteiger partial charge is 0.495 e. The minimum Gasteiger partial charge on any atom is -0.495 e. The number of nitrogens with one attached hydrogen (secondary N) is 1. The maximum atomic E-state index is 11.9. The van der Waals surface area contributed by atoms with Gasteiger partial charge in [-0.15, -0.1) is 0 Å². The summed E-state index contributed by atoms with van der Waals surface area (Å²) in [6.07, 6.45) is 0. The van der Waals surface area contributed by atoms with Gasteiger partial charge in [0.1, 0.15) is 11.5 Å². The predicted octanol–water partition coefficient (Wildman–Crippen LogP) is 4.67. The molecule has 0 saturated heterocycles. The third kappa shape index (κ3) is 4.44. The predicted molar refractivity (Wildman–Crippen MR) is 88.6 cm³/mol. The summed E-state index contributed by atoms with van der Waals surface area (Å²) in [4.78, 5) is 11.9. The van der Waals surface area contributed by atoms with E-state index in [1.54, 1.807) is 30.3 Å². The first kappa shape index (κ1) is 16.7. The zero-order chi connectivity index (χ0) is 16.1. The van der Waals surface area contributed by atoms with Crippen molar-refractivity contribution < 1.29 is 14.3 Å². The van der Waals surface area contributed by atoms with Crippen molar-refractivity contribution in [2.45, 2.75) is 0 Å². The zero-order valence-electron chi connectivity index (χ0n) is 11.5. The Hall–Kier alpha value is -1.62. The zero-order valence-corrected chi connectivity index (χ0v) is 13.8. The molecule has 0 atom stereocenters. The molecule has 2 aromatic rings. The minimum absolute atomic E-state index is 0.187. The molecule has 0 aliphatic heterocycles. The molecule has 0 aliphatic rings. The van der Waals surface area contributed by atoms with Crippen LogP contribution in [-0.4, -0.2) is 19.6 Å². The molecule has 0 spiro atoms. The molecular weight excluding hydrogens is 349 g/mol. The lowest BCUT2D eigenvalue weighted by Crippen LogP contribution is -2.20. The molecule has 4 nitrogen and oxygen atoms in total. The summed E-state index contributed by atoms with van der Waals surface area (Å²) in [5.41, 5.74) is 0.470. The van der Waals surface area contributed by atoms with Crippen LogP contribution in [0.1, 0.15) is 0 Å². The summed E-state index contributed by atoms with van der Waals surface area (Å²) in [6, 6.07) is 9.69. The standard InChI is InChI=1S/C15H12Cl3NO3/c1-21-14-5-2-9(16)6-13(14)19-15(20)8-22-10-3-4-11(17)12(18)7-10/h2-7H,8H2,1H3,(H,19,20). The fourth-order valence-corrected chi connectivity index (χ4v) is 2.14. The first-order chi connectivity index (χ1) is 10.5. The summed E-state index contributed by atoms with van der Waals surface area (Å²) in [7, 11) is 1.51. The third-order valence-corrected chi connectivity index (χ3v) is 3.67. The highest BCUT2D eigenvalue weighted by molar-refractivity contribution is 6.42. The Morgan fingerprint density at radius 1 is 1.09 bits per heavy atom. The summed E-state index contributed by atoms with van der Waals surface area (Å²) in [5.74, 6) is 0.599. The number of anilines is 1. The van der Waals surface area contributed by atoms with E-state index in [2.05, 4.69) is 5.32 Å². The van der Waals surface area contributed by atoms with E-state index in [9.17, 15) is 4.79 Å². The number of carbonyl (C=O) groups is 1. The highest BCUT2D eigenvalue weighted by Crippen LogP contribution is 2.28. The molecule has 2 rings (SSSR count). The van der Waals surface area contributed by atoms with E-state index in [4.69, 9.17) is 44.3 Å². The maximum Gasteiger partial charge on any atom is 0.262 e. The number of ether oxygens (including phenoxy) is 2. The van der Waals surface area contributed by atoms with E-state index in [-0.39, 0.29) is 12.5 Å². The third-order valence-electron chi connectivity index (χ3n) is 2.70. The topological polar surface area (TPSA) is 47.6 Å². The second-order valence-electron chi connectivity index (χ2n) is 4.26. The van der Waals surface area contributed by atoms with Gasteiger partial charge in [-0.1, -0.05) is 34.8 Å². The van der Waals surface area contributed by atoms with Crippen molar-refractivity contribution >= 4 is 46.4 Å². The van der Waals surface area contributed by atoms with Crippen LogP contribution in [0.5, 0.6) is 11.5 Å². The van der Waals surface area contributed by atoms with Crippen molar-refractivity contribution in [2.75, 3.05) is 19.0 Å². The molecule has 2 aromatic carbocycles. The van der Waals surface area contributed by atoms with Crippen LogP contribution in [0.3, 0.4) is 0 Å². The Bertz CT molecular complexity index is 692. The molecule has 0 bridgehead atoms. The molecule has 0 heterocycles. The van der Waals surface area contributed by atoms with Crippen molar-refractivity contribution in [3.8, 4) is 11.5 Å². The molecular formula is C15H12Cl3NO3. The molecule has 22 heavy (non-hydrogen) atoms. The van der Waals surface area contributed by atoms with Crippen molar-refractivity contribution in [1.29, 1.82) is 0 Å². The second kappa shape index (κ2) is 7.58. The van der Waals surface area contributed by atoms with Gasteiger partial charge < -0.3 is 14.8 Å². The summed E-state index contributed by atoms with van der Waals surface area (Å²) in [5, 5.41) is 3.93. The number of rotatable bonds is 5. The number of benzene rings is 2. The van der Waals surface area contributed by atoms with E-state index in [0.29, 0.717) is 32.3 Å². The van der Waals surface area contributed by atoms with E-state index in [1.165, 1.54) is 13.2 Å². The van der Waals surface area contributed by atoms with Gasteiger partial charge in [0.05, 0.1) is 22.8 Å². The average molecular weight is 361 g/mol. The van der Waals surface area contributed by atoms with Gasteiger partial charge in [0.25, 0.3) is 5.91 Å². The van der Waals surface area contributed by atoms with Crippen LogP contribution >= 0.6 is 34.8 Å². The van der Waals surface area contributed by atoms with Gasteiger partial charge in [-0.05, 0) is 30.3 Å². The Morgan fingerprint density at radius 2 is 1.86 bits per heavy atom. The lowest BCUT2D eigenvalue weighted by Gasteiger charge is -2.11. The smallest absolute Gasteiger partial charge is 0.262 e. The normalized spacial score (nSPS) is 10.2. The first-order valence-corrected chi connectivity index (χ1v) is 7.34. The van der Waals surface area contributed by atoms with E-state index in [1.807, 2.05) is 0 Å². The van der Waals surface area contributed by atoms with Crippen LogP contribution in [0.15, 0.2) is 36.4 Å². The molecule has 0 unspecified atom stereocenters. The van der Waals surface area contributed by atoms with Crippen molar-refractivity contribution in [3.05, 3.63) is 51.5 Å². The number of amides is 1. The second-order valence-corrected chi connectivity index (χ2v) is 5.51. The van der Waals surface area contributed by atoms with E-state index in [0.717, 1.165) is 0 Å². The van der Waals surface area contributed by atoms with Gasteiger partial charge in [-0.2, -0.15) is 0 Å². The van der Waals surface area contributed by atoms with Gasteiger partial charge in [-0.3, -0.25) is 4.79 Å². The molecule has 0 radical (unpaired) electrons. The van der Waals surface area contributed by atoms with Gasteiger partial charge in [0, 0.05) is 11.1 Å². The van der Waals surface area contributed by atoms with Crippen LogP contribution in [0.4, 0.5) is 5.69 Å². The Morgan fingerprint density at radius 3 is 2.55 bits per heavy atom. The lowest BCUT2D eigenvalue weighted by molar-refractivity contribution is -0.118. The van der Waals surface area contributed by atoms with Crippen LogP contribution in [0.2, 0.25) is 15.1 Å². The SMILES string of the molecule is COc1ccc(Cl)cc1NC(=O)COc1ccc(Cl)c(Cl)c1. The molecule has 0 saturated carbocycles. The number of halogens is 3. The number of carbonyl (C=O) groups excluding carboxylic acids is 1. The van der Waals surface area contributed by atoms with Crippen LogP contribution in [-0.2, 0) is 4.79 Å². The van der Waals surface area contributed by atoms with Crippen molar-refractivity contribution in [2.24, 2.45) is 0 Å². The van der Waals surface area contributed by atoms with E-state index >= 15 is 0 Å². The maximum absolute atomic E-state index is 11.9. The van der Waals surface area contributed by atoms with Crippen LogP contribution in [0, 0.1) is 0 Å². The van der Waals surface area contributed by atoms with E-state index < -0.39 is 0 Å². The highest BCUT2D eigenvalue weighted by Gasteiger charge is 2.09. The Balaban J connectivity index is 1.98. The number of hydrogen-bond acceptors (Lipinski definition) is 3. The van der Waals surface area contributed by atoms with Crippen LogP contribution < -0.4 is 14.8 Å². The number of methoxy groups -OCH3 is 1. The van der Waals surface area contributed by atoms with Gasteiger partial charge in [0.15, 0.2) is 6.61 Å². The van der Waals surface area contributed by atoms with Crippen molar-refractivity contribution in [3.63, 3.8) is 0 Å². The Kier molecular flexibility index (Phi) is 5.77. The molecule has 7 heteroatoms. The summed E-state index contributed by atoms with van der Waals surface area (Å²) >= 11 is 17.6. The molecule has 1 N–H and O–H groups in total. The quantitative estimate of drug-likeness (QED) is 0.842. The molecule has 0 aromatic heterocycles. The first-order valence-electron chi connectivity index (χ1n) is 6.21. The fourth-order valence-electron chi connectivity index (χ4n) is 1.68. The summed E-state index contributed by atoms with van der Waals surface area (Å²) in [6.45, 7) is -0.187. The van der Waals surface area contributed by atoms with Crippen molar-refractivity contribution in [1.82, 2.24) is 0 Å². The Labute approximate surface area is 142 Å². The molecule has 0 aliphatic carbocycles. The summed E-state index contributed by atoms with van der Waals surface area (Å²) < 4.78 is 10.5. The molecule has 1 amide bonds. The highest BCUT2D eigenvalue weighted by atomic mass is 35.5. The number of hydrogen-bond donors (Lipinski definition) is 1. The van der Waals surface area contributed by atoms with Gasteiger partial charge in [0.2, 0.25) is 0 Å². The fraction of sp³-hybridized carbons (Fsp3) is 0.133. The monoisotopic (exact) mass is 359 g/mol. The van der Waals surface area contributed by atoms with Gasteiger partial charge in [-0.25, -0.2) is 0 Å². The van der Waals surface area contributed by atoms with Crippen LogP contribution in [0.25, 0.3) is 0 Å². The minimum atomic E-state index is -0.355. The van der Waals surface area contributed by atoms with Gasteiger partial charge >= 0.3 is 0 Å². The molecule has 116 valence electrons. The molecule has 0 fully saturated rings.